The number of hydrogen-bond acceptors (Lipinski definition) is 4. The summed E-state index contributed by atoms with van der Waals surface area (Å²) in [4.78, 5) is 6.89. The largest absolute Gasteiger partial charge is 0.394 e. The zero-order valence-corrected chi connectivity index (χ0v) is 6.70. The summed E-state index contributed by atoms with van der Waals surface area (Å²) < 4.78 is 0. The molecular formula is C7H13N3O2. The van der Waals surface area contributed by atoms with Gasteiger partial charge in [-0.3, -0.25) is 0 Å². The number of rotatable bonds is 5. The van der Waals surface area contributed by atoms with Crippen LogP contribution in [0.5, 0.6) is 0 Å². The topological polar surface area (TPSA) is 81.2 Å². The fraction of sp³-hybridized carbons (Fsp3) is 0.571. The highest BCUT2D eigenvalue weighted by Crippen LogP contribution is 1.86. The van der Waals surface area contributed by atoms with Gasteiger partial charge in [0.25, 0.3) is 0 Å². The van der Waals surface area contributed by atoms with Crippen LogP contribution in [0.15, 0.2) is 12.4 Å². The molecule has 4 N–H and O–H groups in total. The van der Waals surface area contributed by atoms with Gasteiger partial charge in [0.2, 0.25) is 0 Å². The fourth-order valence-electron chi connectivity index (χ4n) is 0.816. The Morgan fingerprint density at radius 1 is 1.67 bits per heavy atom. The lowest BCUT2D eigenvalue weighted by atomic mass is 10.4. The third-order valence-corrected chi connectivity index (χ3v) is 1.44. The molecule has 68 valence electrons. The first-order chi connectivity index (χ1) is 5.83. The van der Waals surface area contributed by atoms with E-state index in [9.17, 15) is 0 Å². The first kappa shape index (κ1) is 9.18. The summed E-state index contributed by atoms with van der Waals surface area (Å²) in [6, 6.07) is 0. The quantitative estimate of drug-likeness (QED) is 0.451. The van der Waals surface area contributed by atoms with E-state index in [1.54, 1.807) is 12.4 Å². The van der Waals surface area contributed by atoms with Gasteiger partial charge in [-0.15, -0.1) is 0 Å². The summed E-state index contributed by atoms with van der Waals surface area (Å²) in [5, 5.41) is 20.4. The van der Waals surface area contributed by atoms with Crippen LogP contribution in [0.2, 0.25) is 0 Å². The van der Waals surface area contributed by atoms with E-state index < -0.39 is 6.10 Å². The van der Waals surface area contributed by atoms with Crippen LogP contribution < -0.4 is 5.32 Å². The molecule has 0 aromatic carbocycles. The molecule has 0 saturated heterocycles. The van der Waals surface area contributed by atoms with Crippen molar-refractivity contribution >= 4 is 0 Å². The van der Waals surface area contributed by atoms with E-state index in [1.165, 1.54) is 0 Å². The molecule has 5 heteroatoms. The van der Waals surface area contributed by atoms with E-state index in [2.05, 4.69) is 15.3 Å². The van der Waals surface area contributed by atoms with Crippen molar-refractivity contribution in [3.8, 4) is 0 Å². The van der Waals surface area contributed by atoms with Gasteiger partial charge in [0, 0.05) is 18.9 Å². The molecule has 0 saturated carbocycles. The van der Waals surface area contributed by atoms with Crippen molar-refractivity contribution in [2.75, 3.05) is 13.2 Å². The average Bonchev–Trinajstić information content (AvgIpc) is 2.57. The molecule has 1 aromatic heterocycles. The number of imidazole rings is 1. The van der Waals surface area contributed by atoms with Crippen LogP contribution in [0.4, 0.5) is 0 Å². The third-order valence-electron chi connectivity index (χ3n) is 1.44. The standard InChI is InChI=1S/C7H13N3O2/c11-5-6(12)3-8-4-7-9-1-2-10-7/h1-2,6,8,11-12H,3-5H2,(H,9,10). The Labute approximate surface area is 70.5 Å². The second kappa shape index (κ2) is 4.87. The van der Waals surface area contributed by atoms with E-state index >= 15 is 0 Å². The second-order valence-corrected chi connectivity index (χ2v) is 2.50. The van der Waals surface area contributed by atoms with Crippen molar-refractivity contribution in [2.24, 2.45) is 0 Å². The maximum Gasteiger partial charge on any atom is 0.120 e. The number of aliphatic hydroxyl groups excluding tert-OH is 2. The molecule has 0 aliphatic rings. The van der Waals surface area contributed by atoms with Crippen LogP contribution in [0, 0.1) is 0 Å². The van der Waals surface area contributed by atoms with Gasteiger partial charge in [0.05, 0.1) is 19.3 Å². The van der Waals surface area contributed by atoms with Crippen molar-refractivity contribution in [3.05, 3.63) is 18.2 Å². The summed E-state index contributed by atoms with van der Waals surface area (Å²) >= 11 is 0. The summed E-state index contributed by atoms with van der Waals surface area (Å²) in [6.45, 7) is 0.729. The monoisotopic (exact) mass is 171 g/mol. The first-order valence-electron chi connectivity index (χ1n) is 3.81. The van der Waals surface area contributed by atoms with Crippen molar-refractivity contribution in [1.82, 2.24) is 15.3 Å². The molecule has 5 nitrogen and oxygen atoms in total. The Morgan fingerprint density at radius 3 is 3.08 bits per heavy atom. The van der Waals surface area contributed by atoms with Gasteiger partial charge in [-0.25, -0.2) is 4.98 Å². The van der Waals surface area contributed by atoms with Crippen LogP contribution in [-0.4, -0.2) is 39.4 Å². The molecule has 0 fully saturated rings. The van der Waals surface area contributed by atoms with Crippen molar-refractivity contribution in [3.63, 3.8) is 0 Å². The molecule has 1 heterocycles. The number of aromatic nitrogens is 2. The minimum absolute atomic E-state index is 0.217. The third kappa shape index (κ3) is 3.00. The molecule has 12 heavy (non-hydrogen) atoms. The maximum absolute atomic E-state index is 8.94. The highest BCUT2D eigenvalue weighted by Gasteiger charge is 2.00. The Balaban J connectivity index is 2.11. The van der Waals surface area contributed by atoms with Gasteiger partial charge < -0.3 is 20.5 Å². The number of nitrogens with zero attached hydrogens (tertiary/aromatic N) is 1. The molecule has 0 spiro atoms. The van der Waals surface area contributed by atoms with Gasteiger partial charge >= 0.3 is 0 Å². The molecule has 1 aromatic rings. The van der Waals surface area contributed by atoms with E-state index in [4.69, 9.17) is 10.2 Å². The zero-order chi connectivity index (χ0) is 8.81. The SMILES string of the molecule is OCC(O)CNCc1ncc[nH]1. The van der Waals surface area contributed by atoms with E-state index in [1.807, 2.05) is 0 Å². The first-order valence-corrected chi connectivity index (χ1v) is 3.81. The smallest absolute Gasteiger partial charge is 0.120 e. The Morgan fingerprint density at radius 2 is 2.50 bits per heavy atom. The number of H-pyrrole nitrogens is 1. The summed E-state index contributed by atoms with van der Waals surface area (Å²) in [7, 11) is 0. The van der Waals surface area contributed by atoms with Crippen LogP contribution in [0.3, 0.4) is 0 Å². The van der Waals surface area contributed by atoms with Crippen LogP contribution in [0.1, 0.15) is 5.82 Å². The van der Waals surface area contributed by atoms with Crippen molar-refractivity contribution in [1.29, 1.82) is 0 Å². The lowest BCUT2D eigenvalue weighted by molar-refractivity contribution is 0.0941. The van der Waals surface area contributed by atoms with E-state index in [0.717, 1.165) is 5.82 Å². The van der Waals surface area contributed by atoms with Crippen LogP contribution >= 0.6 is 0 Å². The number of aromatic amines is 1. The second-order valence-electron chi connectivity index (χ2n) is 2.50. The number of nitrogens with one attached hydrogen (secondary N) is 2. The summed E-state index contributed by atoms with van der Waals surface area (Å²) in [6.07, 6.45) is 2.71. The van der Waals surface area contributed by atoms with Gasteiger partial charge in [0.1, 0.15) is 5.82 Å². The Hall–Kier alpha value is -0.910. The molecule has 1 atom stereocenters. The molecular weight excluding hydrogens is 158 g/mol. The molecule has 0 aliphatic heterocycles. The van der Waals surface area contributed by atoms with E-state index in [0.29, 0.717) is 13.1 Å². The van der Waals surface area contributed by atoms with Gasteiger partial charge in [0.15, 0.2) is 0 Å². The zero-order valence-electron chi connectivity index (χ0n) is 6.70. The minimum atomic E-state index is -0.694. The van der Waals surface area contributed by atoms with E-state index in [-0.39, 0.29) is 6.61 Å². The van der Waals surface area contributed by atoms with Crippen LogP contribution in [0.25, 0.3) is 0 Å². The maximum atomic E-state index is 8.94. The predicted molar refractivity (Wildman–Crippen MR) is 43.4 cm³/mol. The molecule has 1 rings (SSSR count). The van der Waals surface area contributed by atoms with Gasteiger partial charge in [-0.2, -0.15) is 0 Å². The summed E-state index contributed by atoms with van der Waals surface area (Å²) in [5.74, 6) is 0.820. The minimum Gasteiger partial charge on any atom is -0.394 e. The van der Waals surface area contributed by atoms with Gasteiger partial charge in [-0.1, -0.05) is 0 Å². The lowest BCUT2D eigenvalue weighted by Crippen LogP contribution is -2.29. The average molecular weight is 171 g/mol. The molecule has 0 bridgehead atoms. The number of hydrogen-bond donors (Lipinski definition) is 4. The molecule has 0 amide bonds. The fourth-order valence-corrected chi connectivity index (χ4v) is 0.816. The van der Waals surface area contributed by atoms with Gasteiger partial charge in [-0.05, 0) is 0 Å². The van der Waals surface area contributed by atoms with Crippen molar-refractivity contribution < 1.29 is 10.2 Å². The highest BCUT2D eigenvalue weighted by atomic mass is 16.3. The highest BCUT2D eigenvalue weighted by molar-refractivity contribution is 4.85. The van der Waals surface area contributed by atoms with Crippen LogP contribution in [-0.2, 0) is 6.54 Å². The lowest BCUT2D eigenvalue weighted by Gasteiger charge is -2.06. The molecule has 0 aliphatic carbocycles. The number of aliphatic hydroxyl groups is 2. The Kier molecular flexibility index (Phi) is 3.72. The summed E-state index contributed by atoms with van der Waals surface area (Å²) in [5.41, 5.74) is 0. The normalized spacial score (nSPS) is 13.2. The predicted octanol–water partition coefficient (Wildman–Crippen LogP) is -1.15. The molecule has 0 radical (unpaired) electrons. The molecule has 1 unspecified atom stereocenters. The Bertz CT molecular complexity index is 200. The van der Waals surface area contributed by atoms with Crippen molar-refractivity contribution in [2.45, 2.75) is 12.6 Å².